The fraction of sp³-hybridized carbons (Fsp3) is 0.667. The van der Waals surface area contributed by atoms with Crippen molar-refractivity contribution >= 4 is 17.9 Å². The summed E-state index contributed by atoms with van der Waals surface area (Å²) in [5, 5.41) is 13.2. The molecule has 1 aliphatic heterocycles. The Hall–Kier alpha value is -1.66. The number of hydrogen-bond acceptors (Lipinski definition) is 3. The van der Waals surface area contributed by atoms with Crippen molar-refractivity contribution in [3.8, 4) is 0 Å². The van der Waals surface area contributed by atoms with E-state index in [0.717, 1.165) is 0 Å². The molecule has 4 atom stereocenters. The third kappa shape index (κ3) is 0.772. The molecule has 1 heterocycles. The van der Waals surface area contributed by atoms with Crippen LogP contribution in [0.25, 0.3) is 0 Å². The van der Waals surface area contributed by atoms with Crippen molar-refractivity contribution in [1.29, 1.82) is 0 Å². The molecule has 2 aliphatic carbocycles. The number of hydrogen-bond donors (Lipinski definition) is 3. The number of carbonyl (C=O) groups is 3. The van der Waals surface area contributed by atoms with Crippen LogP contribution in [0.2, 0.25) is 0 Å². The zero-order valence-electron chi connectivity index (χ0n) is 8.12. The summed E-state index contributed by atoms with van der Waals surface area (Å²) in [6, 6.07) is -0.676. The summed E-state index contributed by atoms with van der Waals surface area (Å²) < 4.78 is 14.0. The number of carboxylic acid groups (broad SMARTS) is 1. The highest BCUT2D eigenvalue weighted by Crippen LogP contribution is 2.67. The first kappa shape index (κ1) is 9.56. The van der Waals surface area contributed by atoms with Gasteiger partial charge < -0.3 is 10.4 Å². The molecule has 86 valence electrons. The minimum Gasteiger partial charge on any atom is -0.479 e. The maximum Gasteiger partial charge on any atom is 0.342 e. The van der Waals surface area contributed by atoms with Crippen molar-refractivity contribution < 1.29 is 23.9 Å². The van der Waals surface area contributed by atoms with Gasteiger partial charge in [0.2, 0.25) is 5.67 Å². The van der Waals surface area contributed by atoms with E-state index < -0.39 is 41.0 Å². The number of fused-ring (bicyclic) bond motifs is 2. The predicted octanol–water partition coefficient (Wildman–Crippen LogP) is -0.603. The van der Waals surface area contributed by atoms with Gasteiger partial charge in [-0.1, -0.05) is 0 Å². The normalized spacial score (nSPS) is 48.8. The number of amides is 3. The van der Waals surface area contributed by atoms with Crippen LogP contribution in [0.3, 0.4) is 0 Å². The number of nitrogens with one attached hydrogen (secondary N) is 2. The minimum absolute atomic E-state index is 0.304. The SMILES string of the molecule is O=C1NC(=O)[C@@]2(CC[C@@H]3[C@H]2[C@@]3(F)C(=O)O)N1. The van der Waals surface area contributed by atoms with E-state index in [4.69, 9.17) is 5.11 Å². The summed E-state index contributed by atoms with van der Waals surface area (Å²) in [5.74, 6) is -3.74. The zero-order chi connectivity index (χ0) is 11.7. The summed E-state index contributed by atoms with van der Waals surface area (Å²) in [5.41, 5.74) is -3.69. The molecule has 6 nitrogen and oxygen atoms in total. The topological polar surface area (TPSA) is 95.5 Å². The van der Waals surface area contributed by atoms with Crippen LogP contribution in [0.15, 0.2) is 0 Å². The molecule has 0 bridgehead atoms. The fourth-order valence-corrected chi connectivity index (χ4v) is 3.23. The van der Waals surface area contributed by atoms with E-state index in [1.165, 1.54) is 0 Å². The average Bonchev–Trinajstić information content (AvgIpc) is 2.51. The van der Waals surface area contributed by atoms with Gasteiger partial charge in [-0.25, -0.2) is 14.0 Å². The first-order valence-electron chi connectivity index (χ1n) is 4.99. The lowest BCUT2D eigenvalue weighted by atomic mass is 9.90. The van der Waals surface area contributed by atoms with Gasteiger partial charge in [-0.2, -0.15) is 0 Å². The molecule has 0 aromatic carbocycles. The van der Waals surface area contributed by atoms with Crippen molar-refractivity contribution in [2.45, 2.75) is 24.0 Å². The van der Waals surface area contributed by atoms with Crippen molar-refractivity contribution in [1.82, 2.24) is 10.6 Å². The first-order valence-corrected chi connectivity index (χ1v) is 4.99. The maximum atomic E-state index is 14.0. The molecule has 7 heteroatoms. The summed E-state index contributed by atoms with van der Waals surface area (Å²) >= 11 is 0. The standard InChI is InChI=1S/C9H9FN2O4/c10-9(6(14)15)3-1-2-8(4(3)9)5(13)11-7(16)12-8/h3-4H,1-2H2,(H,14,15)(H2,11,12,13,16)/t3-,4-,8+,9-/m1/s1. The lowest BCUT2D eigenvalue weighted by molar-refractivity contribution is -0.147. The Labute approximate surface area is 89.2 Å². The molecule has 3 fully saturated rings. The average molecular weight is 228 g/mol. The Morgan fingerprint density at radius 3 is 2.62 bits per heavy atom. The molecule has 0 radical (unpaired) electrons. The molecule has 1 spiro atoms. The van der Waals surface area contributed by atoms with E-state index in [1.807, 2.05) is 5.32 Å². The number of carboxylic acids is 1. The Balaban J connectivity index is 1.99. The van der Waals surface area contributed by atoms with Gasteiger partial charge in [-0.15, -0.1) is 0 Å². The van der Waals surface area contributed by atoms with E-state index in [2.05, 4.69) is 5.32 Å². The molecule has 3 amide bonds. The van der Waals surface area contributed by atoms with Crippen LogP contribution >= 0.6 is 0 Å². The minimum atomic E-state index is -2.35. The second kappa shape index (κ2) is 2.36. The smallest absolute Gasteiger partial charge is 0.342 e. The van der Waals surface area contributed by atoms with E-state index in [1.54, 1.807) is 0 Å². The van der Waals surface area contributed by atoms with Crippen molar-refractivity contribution in [3.05, 3.63) is 0 Å². The van der Waals surface area contributed by atoms with Gasteiger partial charge in [0.1, 0.15) is 5.54 Å². The first-order chi connectivity index (χ1) is 7.43. The Bertz CT molecular complexity index is 439. The van der Waals surface area contributed by atoms with Gasteiger partial charge in [0.05, 0.1) is 0 Å². The van der Waals surface area contributed by atoms with Crippen LogP contribution in [0.4, 0.5) is 9.18 Å². The van der Waals surface area contributed by atoms with Gasteiger partial charge in [-0.05, 0) is 12.8 Å². The highest BCUT2D eigenvalue weighted by Gasteiger charge is 2.83. The summed E-state index contributed by atoms with van der Waals surface area (Å²) in [4.78, 5) is 33.5. The molecule has 0 aromatic rings. The van der Waals surface area contributed by atoms with Gasteiger partial charge in [0, 0.05) is 11.8 Å². The molecular formula is C9H9FN2O4. The third-order valence-electron chi connectivity index (χ3n) is 3.96. The van der Waals surface area contributed by atoms with E-state index in [9.17, 15) is 18.8 Å². The largest absolute Gasteiger partial charge is 0.479 e. The molecule has 2 saturated carbocycles. The number of urea groups is 1. The summed E-state index contributed by atoms with van der Waals surface area (Å²) in [6.45, 7) is 0. The molecule has 0 aromatic heterocycles. The third-order valence-corrected chi connectivity index (χ3v) is 3.96. The van der Waals surface area contributed by atoms with Crippen molar-refractivity contribution in [3.63, 3.8) is 0 Å². The predicted molar refractivity (Wildman–Crippen MR) is 47.1 cm³/mol. The van der Waals surface area contributed by atoms with E-state index >= 15 is 0 Å². The Kier molecular flexibility index (Phi) is 1.41. The highest BCUT2D eigenvalue weighted by molar-refractivity contribution is 6.09. The highest BCUT2D eigenvalue weighted by atomic mass is 19.1. The van der Waals surface area contributed by atoms with Crippen LogP contribution < -0.4 is 10.6 Å². The molecule has 16 heavy (non-hydrogen) atoms. The molecule has 3 rings (SSSR count). The number of rotatable bonds is 1. The molecule has 0 unspecified atom stereocenters. The van der Waals surface area contributed by atoms with E-state index in [0.29, 0.717) is 12.8 Å². The van der Waals surface area contributed by atoms with Gasteiger partial charge in [0.15, 0.2) is 0 Å². The number of carbonyl (C=O) groups excluding carboxylic acids is 2. The number of alkyl halides is 1. The van der Waals surface area contributed by atoms with Crippen molar-refractivity contribution in [2.75, 3.05) is 0 Å². The monoisotopic (exact) mass is 228 g/mol. The zero-order valence-corrected chi connectivity index (χ0v) is 8.12. The molecule has 3 N–H and O–H groups in total. The molecular weight excluding hydrogens is 219 g/mol. The fourth-order valence-electron chi connectivity index (χ4n) is 3.23. The summed E-state index contributed by atoms with van der Waals surface area (Å²) in [6.07, 6.45) is 0.611. The second-order valence-electron chi connectivity index (χ2n) is 4.58. The molecule has 3 aliphatic rings. The number of imide groups is 1. The van der Waals surface area contributed by atoms with Crippen molar-refractivity contribution in [2.24, 2.45) is 11.8 Å². The van der Waals surface area contributed by atoms with Crippen LogP contribution in [-0.4, -0.2) is 34.2 Å². The van der Waals surface area contributed by atoms with Crippen LogP contribution in [0.1, 0.15) is 12.8 Å². The van der Waals surface area contributed by atoms with Crippen LogP contribution in [0.5, 0.6) is 0 Å². The van der Waals surface area contributed by atoms with Gasteiger partial charge >= 0.3 is 12.0 Å². The Morgan fingerprint density at radius 2 is 2.19 bits per heavy atom. The number of halogens is 1. The van der Waals surface area contributed by atoms with Gasteiger partial charge in [-0.3, -0.25) is 10.1 Å². The quantitative estimate of drug-likeness (QED) is 0.522. The van der Waals surface area contributed by atoms with Crippen LogP contribution in [0, 0.1) is 11.8 Å². The van der Waals surface area contributed by atoms with Crippen LogP contribution in [-0.2, 0) is 9.59 Å². The molecule has 1 saturated heterocycles. The van der Waals surface area contributed by atoms with Gasteiger partial charge in [0.25, 0.3) is 5.91 Å². The lowest BCUT2D eigenvalue weighted by Gasteiger charge is -2.24. The lowest BCUT2D eigenvalue weighted by Crippen LogP contribution is -2.50. The second-order valence-corrected chi connectivity index (χ2v) is 4.58. The summed E-state index contributed by atoms with van der Waals surface area (Å²) in [7, 11) is 0. The van der Waals surface area contributed by atoms with E-state index in [-0.39, 0.29) is 0 Å². The maximum absolute atomic E-state index is 14.0. The Morgan fingerprint density at radius 1 is 1.50 bits per heavy atom. The number of aliphatic carboxylic acids is 1.